The molecule has 0 amide bonds. The van der Waals surface area contributed by atoms with Gasteiger partial charge in [-0.05, 0) is 99.1 Å². The summed E-state index contributed by atoms with van der Waals surface area (Å²) in [5, 5.41) is 0. The second kappa shape index (κ2) is 8.40. The maximum Gasteiger partial charge on any atom is 0.0732 e. The molecule has 0 atom stereocenters. The molecule has 0 aromatic heterocycles. The molecular weight excluding hydrogens is 664 g/mol. The highest BCUT2D eigenvalue weighted by molar-refractivity contribution is 9.13. The van der Waals surface area contributed by atoms with Crippen LogP contribution in [0.1, 0.15) is 11.1 Å². The molecule has 0 spiro atoms. The Balaban J connectivity index is 2.05. The largest absolute Gasteiger partial charge is 0.372 e. The molecule has 0 saturated heterocycles. The van der Waals surface area contributed by atoms with Crippen LogP contribution in [0, 0.1) is 0 Å². The third kappa shape index (κ3) is 5.13. The Morgan fingerprint density at radius 2 is 0.857 bits per heavy atom. The Morgan fingerprint density at radius 3 is 1.24 bits per heavy atom. The first-order valence-corrected chi connectivity index (χ1v) is 10.5. The minimum absolute atomic E-state index is 0.534. The third-order valence-corrected chi connectivity index (χ3v) is 7.86. The van der Waals surface area contributed by atoms with E-state index in [1.165, 1.54) is 0 Å². The standard InChI is InChI=1S/C14H8Br6O/c15-9-3-13(19)11(17)1-7(9)5-21-6-8-2-12(18)14(20)4-10(8)16/h1-4H,5-6H2. The number of halogens is 6. The lowest BCUT2D eigenvalue weighted by atomic mass is 10.2. The lowest BCUT2D eigenvalue weighted by molar-refractivity contribution is 0.106. The normalized spacial score (nSPS) is 11.0. The van der Waals surface area contributed by atoms with Gasteiger partial charge in [-0.25, -0.2) is 0 Å². The van der Waals surface area contributed by atoms with E-state index in [1.54, 1.807) is 0 Å². The fourth-order valence-corrected chi connectivity index (χ4v) is 4.62. The zero-order valence-corrected chi connectivity index (χ0v) is 19.9. The van der Waals surface area contributed by atoms with Crippen molar-refractivity contribution in [1.29, 1.82) is 0 Å². The van der Waals surface area contributed by atoms with Crippen molar-refractivity contribution in [2.75, 3.05) is 0 Å². The van der Waals surface area contributed by atoms with Crippen molar-refractivity contribution in [1.82, 2.24) is 0 Å². The number of ether oxygens (including phenoxy) is 1. The highest BCUT2D eigenvalue weighted by atomic mass is 79.9. The first-order valence-electron chi connectivity index (χ1n) is 5.73. The van der Waals surface area contributed by atoms with Gasteiger partial charge in [0.2, 0.25) is 0 Å². The second-order valence-corrected chi connectivity index (χ2v) is 9.33. The number of rotatable bonds is 4. The summed E-state index contributed by atoms with van der Waals surface area (Å²) in [5.41, 5.74) is 2.19. The van der Waals surface area contributed by atoms with Gasteiger partial charge in [0.1, 0.15) is 0 Å². The lowest BCUT2D eigenvalue weighted by Gasteiger charge is -2.10. The summed E-state index contributed by atoms with van der Waals surface area (Å²) >= 11 is 21.1. The number of benzene rings is 2. The summed E-state index contributed by atoms with van der Waals surface area (Å²) in [6, 6.07) is 8.10. The Labute approximate surface area is 174 Å². The molecular formula is C14H8Br6O. The highest BCUT2D eigenvalue weighted by Gasteiger charge is 2.08. The fraction of sp³-hybridized carbons (Fsp3) is 0.143. The quantitative estimate of drug-likeness (QED) is 0.300. The minimum atomic E-state index is 0.534. The van der Waals surface area contributed by atoms with Gasteiger partial charge in [-0.1, -0.05) is 31.9 Å². The van der Waals surface area contributed by atoms with Gasteiger partial charge in [-0.15, -0.1) is 0 Å². The predicted octanol–water partition coefficient (Wildman–Crippen LogP) is 7.98. The summed E-state index contributed by atoms with van der Waals surface area (Å²) < 4.78 is 11.9. The Kier molecular flexibility index (Phi) is 7.45. The van der Waals surface area contributed by atoms with Crippen LogP contribution in [0.3, 0.4) is 0 Å². The highest BCUT2D eigenvalue weighted by Crippen LogP contribution is 2.32. The molecule has 0 radical (unpaired) electrons. The van der Waals surface area contributed by atoms with Crippen LogP contribution in [-0.2, 0) is 18.0 Å². The van der Waals surface area contributed by atoms with E-state index in [4.69, 9.17) is 4.74 Å². The van der Waals surface area contributed by atoms with E-state index in [9.17, 15) is 0 Å². The molecule has 0 aliphatic carbocycles. The molecule has 0 bridgehead atoms. The van der Waals surface area contributed by atoms with Crippen LogP contribution in [0.15, 0.2) is 51.1 Å². The summed E-state index contributed by atoms with van der Waals surface area (Å²) in [5.74, 6) is 0. The fourth-order valence-electron chi connectivity index (χ4n) is 1.62. The number of hydrogen-bond acceptors (Lipinski definition) is 1. The first-order chi connectivity index (χ1) is 9.88. The van der Waals surface area contributed by atoms with Gasteiger partial charge in [-0.2, -0.15) is 0 Å². The second-order valence-electron chi connectivity index (χ2n) is 4.21. The summed E-state index contributed by atoms with van der Waals surface area (Å²) in [6.45, 7) is 1.07. The molecule has 0 fully saturated rings. The van der Waals surface area contributed by atoms with Crippen LogP contribution in [0.2, 0.25) is 0 Å². The van der Waals surface area contributed by atoms with Crippen molar-refractivity contribution in [2.45, 2.75) is 13.2 Å². The van der Waals surface area contributed by atoms with E-state index >= 15 is 0 Å². The molecule has 0 aliphatic rings. The van der Waals surface area contributed by atoms with Crippen LogP contribution in [0.5, 0.6) is 0 Å². The summed E-state index contributed by atoms with van der Waals surface area (Å²) in [4.78, 5) is 0. The zero-order chi connectivity index (χ0) is 15.6. The van der Waals surface area contributed by atoms with Gasteiger partial charge in [0.15, 0.2) is 0 Å². The summed E-state index contributed by atoms with van der Waals surface area (Å²) in [7, 11) is 0. The number of hydrogen-bond donors (Lipinski definition) is 0. The van der Waals surface area contributed by atoms with Gasteiger partial charge < -0.3 is 4.74 Å². The van der Waals surface area contributed by atoms with Crippen LogP contribution in [-0.4, -0.2) is 0 Å². The topological polar surface area (TPSA) is 9.23 Å². The molecule has 0 N–H and O–H groups in total. The van der Waals surface area contributed by atoms with Crippen LogP contribution in [0.4, 0.5) is 0 Å². The van der Waals surface area contributed by atoms with Gasteiger partial charge in [0.25, 0.3) is 0 Å². The zero-order valence-electron chi connectivity index (χ0n) is 10.4. The van der Waals surface area contributed by atoms with Crippen molar-refractivity contribution in [3.8, 4) is 0 Å². The van der Waals surface area contributed by atoms with E-state index < -0.39 is 0 Å². The molecule has 21 heavy (non-hydrogen) atoms. The van der Waals surface area contributed by atoms with Gasteiger partial charge in [-0.3, -0.25) is 0 Å². The average Bonchev–Trinajstić information content (AvgIpc) is 2.41. The smallest absolute Gasteiger partial charge is 0.0732 e. The molecule has 0 saturated carbocycles. The van der Waals surface area contributed by atoms with Gasteiger partial charge in [0.05, 0.1) is 13.2 Å². The van der Waals surface area contributed by atoms with Crippen LogP contribution in [0.25, 0.3) is 0 Å². The maximum atomic E-state index is 5.82. The van der Waals surface area contributed by atoms with Gasteiger partial charge >= 0.3 is 0 Å². The molecule has 2 rings (SSSR count). The molecule has 0 aliphatic heterocycles. The minimum Gasteiger partial charge on any atom is -0.372 e. The molecule has 0 unspecified atom stereocenters. The predicted molar refractivity (Wildman–Crippen MR) is 108 cm³/mol. The van der Waals surface area contributed by atoms with Crippen molar-refractivity contribution in [2.24, 2.45) is 0 Å². The van der Waals surface area contributed by atoms with E-state index in [0.29, 0.717) is 13.2 Å². The third-order valence-electron chi connectivity index (χ3n) is 2.69. The molecule has 7 heteroatoms. The SMILES string of the molecule is Brc1cc(Br)c(COCc2cc(Br)c(Br)cc2Br)cc1Br. The van der Waals surface area contributed by atoms with Crippen molar-refractivity contribution < 1.29 is 4.74 Å². The van der Waals surface area contributed by atoms with Gasteiger partial charge in [0, 0.05) is 26.8 Å². The molecule has 2 aromatic carbocycles. The summed E-state index contributed by atoms with van der Waals surface area (Å²) in [6.07, 6.45) is 0. The Morgan fingerprint density at radius 1 is 0.524 bits per heavy atom. The molecule has 2 aromatic rings. The van der Waals surface area contributed by atoms with E-state index in [1.807, 2.05) is 24.3 Å². The lowest BCUT2D eigenvalue weighted by Crippen LogP contribution is -1.97. The maximum absolute atomic E-state index is 5.82. The van der Waals surface area contributed by atoms with Crippen LogP contribution < -0.4 is 0 Å². The Hall–Kier alpha value is 1.28. The van der Waals surface area contributed by atoms with Crippen molar-refractivity contribution >= 4 is 95.6 Å². The van der Waals surface area contributed by atoms with E-state index in [2.05, 4.69) is 95.6 Å². The van der Waals surface area contributed by atoms with Crippen molar-refractivity contribution in [3.63, 3.8) is 0 Å². The molecule has 0 heterocycles. The molecule has 112 valence electrons. The van der Waals surface area contributed by atoms with E-state index in [0.717, 1.165) is 38.0 Å². The monoisotopic (exact) mass is 666 g/mol. The van der Waals surface area contributed by atoms with E-state index in [-0.39, 0.29) is 0 Å². The average molecular weight is 672 g/mol. The van der Waals surface area contributed by atoms with Crippen molar-refractivity contribution in [3.05, 3.63) is 62.2 Å². The molecule has 1 nitrogen and oxygen atoms in total. The van der Waals surface area contributed by atoms with Crippen LogP contribution >= 0.6 is 95.6 Å². The first kappa shape index (κ1) is 18.6. The Bertz CT molecular complexity index is 613.